The highest BCUT2D eigenvalue weighted by Crippen LogP contribution is 2.26. The summed E-state index contributed by atoms with van der Waals surface area (Å²) in [5.74, 6) is 1.43. The zero-order chi connectivity index (χ0) is 12.1. The molecule has 0 aromatic heterocycles. The Balaban J connectivity index is 2.70. The molecule has 1 nitrogen and oxygen atoms in total. The van der Waals surface area contributed by atoms with Crippen LogP contribution in [0.1, 0.15) is 44.2 Å². The van der Waals surface area contributed by atoms with Gasteiger partial charge in [0.05, 0.1) is 0 Å². The monoisotopic (exact) mass is 219 g/mol. The van der Waals surface area contributed by atoms with Gasteiger partial charge in [0.1, 0.15) is 0 Å². The fraction of sp³-hybridized carbons (Fsp3) is 0.600. The number of hydrogen-bond donors (Lipinski definition) is 0. The van der Waals surface area contributed by atoms with E-state index in [-0.39, 0.29) is 0 Å². The molecule has 1 aromatic carbocycles. The molecule has 0 aliphatic rings. The Kier molecular flexibility index (Phi) is 5.01. The fourth-order valence-corrected chi connectivity index (χ4v) is 1.97. The molecule has 0 N–H and O–H groups in total. The molecule has 0 aliphatic heterocycles. The van der Waals surface area contributed by atoms with Gasteiger partial charge in [0.25, 0.3) is 0 Å². The molecular weight excluding hydrogens is 194 g/mol. The molecule has 0 radical (unpaired) electrons. The first-order valence-corrected chi connectivity index (χ1v) is 6.28. The zero-order valence-electron chi connectivity index (χ0n) is 11.3. The third kappa shape index (κ3) is 3.64. The minimum absolute atomic E-state index is 0.665. The summed E-state index contributed by atoms with van der Waals surface area (Å²) in [7, 11) is 4.21. The van der Waals surface area contributed by atoms with Gasteiger partial charge in [0.15, 0.2) is 0 Å². The van der Waals surface area contributed by atoms with Crippen LogP contribution in [0.25, 0.3) is 0 Å². The van der Waals surface area contributed by atoms with Crippen molar-refractivity contribution in [2.75, 3.05) is 14.1 Å². The number of rotatable bonds is 5. The summed E-state index contributed by atoms with van der Waals surface area (Å²) in [6.07, 6.45) is 1.25. The molecule has 1 heteroatoms. The SMILES string of the molecule is CCC(C)C(C)c1ccc(CN(C)C)cc1. The molecule has 0 bridgehead atoms. The van der Waals surface area contributed by atoms with Crippen LogP contribution in [0.4, 0.5) is 0 Å². The second kappa shape index (κ2) is 6.05. The summed E-state index contributed by atoms with van der Waals surface area (Å²) in [4.78, 5) is 2.20. The molecule has 2 atom stereocenters. The molecule has 1 aromatic rings. The Morgan fingerprint density at radius 3 is 2.06 bits per heavy atom. The van der Waals surface area contributed by atoms with Crippen molar-refractivity contribution in [2.45, 2.75) is 39.7 Å². The summed E-state index contributed by atoms with van der Waals surface area (Å²) in [6, 6.07) is 9.09. The molecule has 0 aliphatic carbocycles. The molecular formula is C15H25N. The van der Waals surface area contributed by atoms with Gasteiger partial charge in [-0.15, -0.1) is 0 Å². The summed E-state index contributed by atoms with van der Waals surface area (Å²) < 4.78 is 0. The Labute approximate surface area is 100 Å². The molecule has 16 heavy (non-hydrogen) atoms. The highest BCUT2D eigenvalue weighted by atomic mass is 15.0. The molecule has 0 spiro atoms. The van der Waals surface area contributed by atoms with Gasteiger partial charge in [-0.25, -0.2) is 0 Å². The van der Waals surface area contributed by atoms with Gasteiger partial charge in [-0.2, -0.15) is 0 Å². The van der Waals surface area contributed by atoms with Crippen molar-refractivity contribution in [3.8, 4) is 0 Å². The van der Waals surface area contributed by atoms with Crippen LogP contribution in [-0.4, -0.2) is 19.0 Å². The quantitative estimate of drug-likeness (QED) is 0.726. The molecule has 90 valence electrons. The second-order valence-electron chi connectivity index (χ2n) is 5.15. The van der Waals surface area contributed by atoms with Crippen molar-refractivity contribution in [3.63, 3.8) is 0 Å². The van der Waals surface area contributed by atoms with Gasteiger partial charge in [-0.1, -0.05) is 51.5 Å². The maximum atomic E-state index is 2.33. The van der Waals surface area contributed by atoms with Crippen LogP contribution >= 0.6 is 0 Å². The molecule has 0 amide bonds. The van der Waals surface area contributed by atoms with Crippen LogP contribution in [-0.2, 0) is 6.54 Å². The van der Waals surface area contributed by atoms with Crippen LogP contribution in [0.3, 0.4) is 0 Å². The van der Waals surface area contributed by atoms with Gasteiger partial charge < -0.3 is 4.90 Å². The molecule has 0 saturated carbocycles. The minimum Gasteiger partial charge on any atom is -0.305 e. The Bertz CT molecular complexity index is 300. The lowest BCUT2D eigenvalue weighted by molar-refractivity contribution is 0.402. The smallest absolute Gasteiger partial charge is 0.0227 e. The van der Waals surface area contributed by atoms with E-state index >= 15 is 0 Å². The van der Waals surface area contributed by atoms with Crippen LogP contribution < -0.4 is 0 Å². The molecule has 1 rings (SSSR count). The van der Waals surface area contributed by atoms with E-state index in [4.69, 9.17) is 0 Å². The molecule has 2 unspecified atom stereocenters. The van der Waals surface area contributed by atoms with E-state index in [1.807, 2.05) is 0 Å². The Morgan fingerprint density at radius 2 is 1.62 bits per heavy atom. The van der Waals surface area contributed by atoms with Crippen molar-refractivity contribution < 1.29 is 0 Å². The van der Waals surface area contributed by atoms with E-state index in [0.29, 0.717) is 5.92 Å². The van der Waals surface area contributed by atoms with Gasteiger partial charge in [0.2, 0.25) is 0 Å². The van der Waals surface area contributed by atoms with Crippen LogP contribution in [0.5, 0.6) is 0 Å². The second-order valence-corrected chi connectivity index (χ2v) is 5.15. The van der Waals surface area contributed by atoms with E-state index in [0.717, 1.165) is 12.5 Å². The maximum Gasteiger partial charge on any atom is 0.0227 e. The van der Waals surface area contributed by atoms with Crippen molar-refractivity contribution in [3.05, 3.63) is 35.4 Å². The third-order valence-electron chi connectivity index (χ3n) is 3.50. The van der Waals surface area contributed by atoms with Crippen molar-refractivity contribution in [1.82, 2.24) is 4.90 Å². The van der Waals surface area contributed by atoms with E-state index < -0.39 is 0 Å². The molecule has 0 fully saturated rings. The summed E-state index contributed by atoms with van der Waals surface area (Å²) in [5.41, 5.74) is 2.86. The van der Waals surface area contributed by atoms with Crippen LogP contribution in [0, 0.1) is 5.92 Å². The van der Waals surface area contributed by atoms with E-state index in [2.05, 4.69) is 64.0 Å². The van der Waals surface area contributed by atoms with Crippen LogP contribution in [0.15, 0.2) is 24.3 Å². The van der Waals surface area contributed by atoms with E-state index in [9.17, 15) is 0 Å². The standard InChI is InChI=1S/C15H25N/c1-6-12(2)13(3)15-9-7-14(8-10-15)11-16(4)5/h7-10,12-13H,6,11H2,1-5H3. The molecule has 0 saturated heterocycles. The number of hydrogen-bond acceptors (Lipinski definition) is 1. The van der Waals surface area contributed by atoms with Gasteiger partial charge in [-0.05, 0) is 37.1 Å². The fourth-order valence-electron chi connectivity index (χ4n) is 1.97. The van der Waals surface area contributed by atoms with Crippen LogP contribution in [0.2, 0.25) is 0 Å². The predicted molar refractivity (Wildman–Crippen MR) is 71.7 cm³/mol. The lowest BCUT2D eigenvalue weighted by Gasteiger charge is -2.19. The van der Waals surface area contributed by atoms with Crippen molar-refractivity contribution >= 4 is 0 Å². The topological polar surface area (TPSA) is 3.24 Å². The Morgan fingerprint density at radius 1 is 1.06 bits per heavy atom. The highest BCUT2D eigenvalue weighted by molar-refractivity contribution is 5.25. The molecule has 0 heterocycles. The van der Waals surface area contributed by atoms with Crippen molar-refractivity contribution in [2.24, 2.45) is 5.92 Å². The first-order valence-electron chi connectivity index (χ1n) is 6.28. The number of benzene rings is 1. The predicted octanol–water partition coefficient (Wildman–Crippen LogP) is 3.90. The highest BCUT2D eigenvalue weighted by Gasteiger charge is 2.12. The van der Waals surface area contributed by atoms with Crippen molar-refractivity contribution in [1.29, 1.82) is 0 Å². The van der Waals surface area contributed by atoms with E-state index in [1.165, 1.54) is 17.5 Å². The minimum atomic E-state index is 0.665. The summed E-state index contributed by atoms with van der Waals surface area (Å²) in [6.45, 7) is 7.95. The average Bonchev–Trinajstić information content (AvgIpc) is 2.27. The third-order valence-corrected chi connectivity index (χ3v) is 3.50. The zero-order valence-corrected chi connectivity index (χ0v) is 11.3. The maximum absolute atomic E-state index is 2.33. The lowest BCUT2D eigenvalue weighted by atomic mass is 9.87. The largest absolute Gasteiger partial charge is 0.305 e. The summed E-state index contributed by atoms with van der Waals surface area (Å²) in [5, 5.41) is 0. The lowest BCUT2D eigenvalue weighted by Crippen LogP contribution is -2.11. The normalized spacial score (nSPS) is 15.1. The Hall–Kier alpha value is -0.820. The first-order chi connectivity index (χ1) is 7.54. The average molecular weight is 219 g/mol. The van der Waals surface area contributed by atoms with Gasteiger partial charge >= 0.3 is 0 Å². The van der Waals surface area contributed by atoms with Gasteiger partial charge in [-0.3, -0.25) is 0 Å². The number of nitrogens with zero attached hydrogens (tertiary/aromatic N) is 1. The first kappa shape index (κ1) is 13.2. The summed E-state index contributed by atoms with van der Waals surface area (Å²) >= 11 is 0. The van der Waals surface area contributed by atoms with E-state index in [1.54, 1.807) is 0 Å². The van der Waals surface area contributed by atoms with Gasteiger partial charge in [0, 0.05) is 6.54 Å².